The summed E-state index contributed by atoms with van der Waals surface area (Å²) in [6.45, 7) is 6.39. The normalized spacial score (nSPS) is 10.8. The number of benzene rings is 1. The monoisotopic (exact) mass is 346 g/mol. The molecule has 0 unspecified atom stereocenters. The van der Waals surface area contributed by atoms with E-state index in [0.29, 0.717) is 13.0 Å². The number of rotatable bonds is 9. The molecule has 0 saturated heterocycles. The van der Waals surface area contributed by atoms with Crippen molar-refractivity contribution in [2.24, 2.45) is 0 Å². The van der Waals surface area contributed by atoms with Gasteiger partial charge in [-0.25, -0.2) is 0 Å². The number of hydrogen-bond acceptors (Lipinski definition) is 1. The lowest BCUT2D eigenvalue weighted by molar-refractivity contribution is -0.131. The Labute approximate surface area is 150 Å². The number of amides is 1. The lowest BCUT2D eigenvalue weighted by Crippen LogP contribution is -2.31. The first-order valence-electron chi connectivity index (χ1n) is 8.80. The molecule has 1 aromatic heterocycles. The molecule has 0 atom stereocenters. The number of nitrogens with zero attached hydrogens (tertiary/aromatic N) is 2. The van der Waals surface area contributed by atoms with Gasteiger partial charge in [0.25, 0.3) is 0 Å². The van der Waals surface area contributed by atoms with Crippen molar-refractivity contribution in [3.63, 3.8) is 0 Å². The van der Waals surface area contributed by atoms with E-state index in [1.54, 1.807) is 0 Å². The first kappa shape index (κ1) is 18.6. The van der Waals surface area contributed by atoms with Gasteiger partial charge in [0, 0.05) is 36.4 Å². The third kappa shape index (κ3) is 5.41. The SMILES string of the molecule is CCCCCN(Cc1cccn1Cc1cccc(Cl)c1)C(=O)CC. The summed E-state index contributed by atoms with van der Waals surface area (Å²) in [6.07, 6.45) is 6.02. The van der Waals surface area contributed by atoms with E-state index in [-0.39, 0.29) is 5.91 Å². The summed E-state index contributed by atoms with van der Waals surface area (Å²) >= 11 is 6.08. The van der Waals surface area contributed by atoms with Crippen molar-refractivity contribution in [2.45, 2.75) is 52.6 Å². The molecule has 0 aliphatic rings. The van der Waals surface area contributed by atoms with Gasteiger partial charge in [0.05, 0.1) is 6.54 Å². The maximum Gasteiger partial charge on any atom is 0.222 e. The molecular formula is C20H27ClN2O. The predicted molar refractivity (Wildman–Crippen MR) is 100 cm³/mol. The van der Waals surface area contributed by atoms with Crippen LogP contribution in [0, 0.1) is 0 Å². The summed E-state index contributed by atoms with van der Waals surface area (Å²) < 4.78 is 2.20. The highest BCUT2D eigenvalue weighted by molar-refractivity contribution is 6.30. The zero-order chi connectivity index (χ0) is 17.4. The Hall–Kier alpha value is -1.74. The van der Waals surface area contributed by atoms with Crippen molar-refractivity contribution in [2.75, 3.05) is 6.54 Å². The molecule has 0 fully saturated rings. The summed E-state index contributed by atoms with van der Waals surface area (Å²) in [5, 5.41) is 0.753. The maximum atomic E-state index is 12.2. The van der Waals surface area contributed by atoms with Crippen molar-refractivity contribution in [3.8, 4) is 0 Å². The second-order valence-electron chi connectivity index (χ2n) is 6.13. The fourth-order valence-electron chi connectivity index (χ4n) is 2.84. The van der Waals surface area contributed by atoms with Gasteiger partial charge in [-0.2, -0.15) is 0 Å². The van der Waals surface area contributed by atoms with Crippen molar-refractivity contribution in [1.82, 2.24) is 9.47 Å². The van der Waals surface area contributed by atoms with Crippen LogP contribution in [0.1, 0.15) is 50.8 Å². The Morgan fingerprint density at radius 1 is 1.17 bits per heavy atom. The van der Waals surface area contributed by atoms with E-state index in [9.17, 15) is 4.79 Å². The van der Waals surface area contributed by atoms with Crippen LogP contribution in [0.5, 0.6) is 0 Å². The molecule has 24 heavy (non-hydrogen) atoms. The second kappa shape index (κ2) is 9.53. The van der Waals surface area contributed by atoms with E-state index in [1.807, 2.05) is 36.1 Å². The number of carbonyl (C=O) groups excluding carboxylic acids is 1. The van der Waals surface area contributed by atoms with Crippen LogP contribution in [0.2, 0.25) is 5.02 Å². The van der Waals surface area contributed by atoms with E-state index in [2.05, 4.69) is 29.8 Å². The molecule has 130 valence electrons. The standard InChI is InChI=1S/C20H27ClN2O/c1-3-5-6-12-23(20(24)4-2)16-19-11-8-13-22(19)15-17-9-7-10-18(21)14-17/h7-11,13-14H,3-6,12,15-16H2,1-2H3. The Balaban J connectivity index is 2.07. The zero-order valence-electron chi connectivity index (χ0n) is 14.7. The summed E-state index contributed by atoms with van der Waals surface area (Å²) in [5.74, 6) is 0.224. The van der Waals surface area contributed by atoms with Gasteiger partial charge in [0.15, 0.2) is 0 Å². The molecule has 0 saturated carbocycles. The summed E-state index contributed by atoms with van der Waals surface area (Å²) in [5.41, 5.74) is 2.33. The molecule has 1 aromatic carbocycles. The highest BCUT2D eigenvalue weighted by Crippen LogP contribution is 2.15. The van der Waals surface area contributed by atoms with Gasteiger partial charge in [0.2, 0.25) is 5.91 Å². The summed E-state index contributed by atoms with van der Waals surface area (Å²) in [6, 6.07) is 12.1. The maximum absolute atomic E-state index is 12.2. The zero-order valence-corrected chi connectivity index (χ0v) is 15.4. The molecule has 0 bridgehead atoms. The van der Waals surface area contributed by atoms with Crippen LogP contribution in [0.15, 0.2) is 42.6 Å². The highest BCUT2D eigenvalue weighted by atomic mass is 35.5. The number of hydrogen-bond donors (Lipinski definition) is 0. The molecule has 1 heterocycles. The average molecular weight is 347 g/mol. The molecule has 0 radical (unpaired) electrons. The molecule has 0 aliphatic heterocycles. The van der Waals surface area contributed by atoms with E-state index >= 15 is 0 Å². The van der Waals surface area contributed by atoms with Crippen LogP contribution in [-0.4, -0.2) is 21.9 Å². The molecule has 0 spiro atoms. The number of unbranched alkanes of at least 4 members (excludes halogenated alkanes) is 2. The van der Waals surface area contributed by atoms with Crippen LogP contribution >= 0.6 is 11.6 Å². The first-order chi connectivity index (χ1) is 11.6. The minimum Gasteiger partial charge on any atom is -0.345 e. The van der Waals surface area contributed by atoms with E-state index in [1.165, 1.54) is 12.0 Å². The van der Waals surface area contributed by atoms with Gasteiger partial charge in [-0.15, -0.1) is 0 Å². The molecule has 2 aromatic rings. The lowest BCUT2D eigenvalue weighted by Gasteiger charge is -2.23. The topological polar surface area (TPSA) is 25.2 Å². The van der Waals surface area contributed by atoms with E-state index in [4.69, 9.17) is 11.6 Å². The number of aromatic nitrogens is 1. The van der Waals surface area contributed by atoms with Gasteiger partial charge in [0.1, 0.15) is 0 Å². The third-order valence-electron chi connectivity index (χ3n) is 4.21. The highest BCUT2D eigenvalue weighted by Gasteiger charge is 2.14. The molecule has 0 N–H and O–H groups in total. The number of halogens is 1. The minimum absolute atomic E-state index is 0.224. The van der Waals surface area contributed by atoms with E-state index in [0.717, 1.165) is 36.6 Å². The Morgan fingerprint density at radius 3 is 2.71 bits per heavy atom. The second-order valence-corrected chi connectivity index (χ2v) is 6.57. The van der Waals surface area contributed by atoms with Crippen LogP contribution in [0.25, 0.3) is 0 Å². The van der Waals surface area contributed by atoms with Gasteiger partial charge in [-0.3, -0.25) is 4.79 Å². The lowest BCUT2D eigenvalue weighted by atomic mass is 10.2. The van der Waals surface area contributed by atoms with Crippen molar-refractivity contribution >= 4 is 17.5 Å². The summed E-state index contributed by atoms with van der Waals surface area (Å²) in [4.78, 5) is 14.2. The fourth-order valence-corrected chi connectivity index (χ4v) is 3.06. The quantitative estimate of drug-likeness (QED) is 0.578. The first-order valence-corrected chi connectivity index (χ1v) is 9.18. The van der Waals surface area contributed by atoms with Crippen LogP contribution in [0.3, 0.4) is 0 Å². The molecule has 2 rings (SSSR count). The molecule has 3 nitrogen and oxygen atoms in total. The average Bonchev–Trinajstić information content (AvgIpc) is 3.00. The molecular weight excluding hydrogens is 320 g/mol. The van der Waals surface area contributed by atoms with Crippen molar-refractivity contribution in [1.29, 1.82) is 0 Å². The van der Waals surface area contributed by atoms with Gasteiger partial charge >= 0.3 is 0 Å². The van der Waals surface area contributed by atoms with E-state index < -0.39 is 0 Å². The Morgan fingerprint density at radius 2 is 2.00 bits per heavy atom. The Kier molecular flexibility index (Phi) is 7.38. The fraction of sp³-hybridized carbons (Fsp3) is 0.450. The van der Waals surface area contributed by atoms with Crippen molar-refractivity contribution < 1.29 is 4.79 Å². The van der Waals surface area contributed by atoms with Gasteiger partial charge in [-0.1, -0.05) is 50.4 Å². The summed E-state index contributed by atoms with van der Waals surface area (Å²) in [7, 11) is 0. The van der Waals surface area contributed by atoms with Crippen LogP contribution < -0.4 is 0 Å². The largest absolute Gasteiger partial charge is 0.345 e. The minimum atomic E-state index is 0.224. The Bertz CT molecular complexity index is 651. The smallest absolute Gasteiger partial charge is 0.222 e. The third-order valence-corrected chi connectivity index (χ3v) is 4.44. The number of carbonyl (C=O) groups is 1. The van der Waals surface area contributed by atoms with Gasteiger partial charge in [-0.05, 0) is 36.2 Å². The molecule has 1 amide bonds. The van der Waals surface area contributed by atoms with Crippen LogP contribution in [0.4, 0.5) is 0 Å². The van der Waals surface area contributed by atoms with Gasteiger partial charge < -0.3 is 9.47 Å². The predicted octanol–water partition coefficient (Wildman–Crippen LogP) is 5.12. The molecule has 4 heteroatoms. The molecule has 0 aliphatic carbocycles. The van der Waals surface area contributed by atoms with Crippen LogP contribution in [-0.2, 0) is 17.9 Å². The van der Waals surface area contributed by atoms with Crippen molar-refractivity contribution in [3.05, 3.63) is 58.9 Å².